The molecule has 0 bridgehead atoms. The lowest BCUT2D eigenvalue weighted by Gasteiger charge is -2.11. The van der Waals surface area contributed by atoms with Crippen LogP contribution in [0.2, 0.25) is 5.15 Å². The van der Waals surface area contributed by atoms with Crippen molar-refractivity contribution in [1.82, 2.24) is 19.1 Å². The third kappa shape index (κ3) is 2.61. The van der Waals surface area contributed by atoms with Crippen LogP contribution in [0, 0.1) is 6.92 Å². The van der Waals surface area contributed by atoms with Crippen molar-refractivity contribution in [3.63, 3.8) is 0 Å². The Hall–Kier alpha value is -1.62. The van der Waals surface area contributed by atoms with Crippen molar-refractivity contribution in [2.75, 3.05) is 0 Å². The molecule has 96 valence electrons. The zero-order valence-electron chi connectivity index (χ0n) is 10.4. The van der Waals surface area contributed by atoms with Crippen LogP contribution >= 0.6 is 11.6 Å². The summed E-state index contributed by atoms with van der Waals surface area (Å²) in [5.74, 6) is 0.608. The molecule has 2 heterocycles. The summed E-state index contributed by atoms with van der Waals surface area (Å²) >= 11 is 5.74. The highest BCUT2D eigenvalue weighted by Crippen LogP contribution is 2.06. The predicted molar refractivity (Wildman–Crippen MR) is 69.9 cm³/mol. The van der Waals surface area contributed by atoms with Crippen LogP contribution in [0.5, 0.6) is 0 Å². The predicted octanol–water partition coefficient (Wildman–Crippen LogP) is 1.86. The molecular formula is C12H15ClN4O. The van der Waals surface area contributed by atoms with Gasteiger partial charge in [0.05, 0.1) is 18.6 Å². The van der Waals surface area contributed by atoms with Crippen molar-refractivity contribution in [1.29, 1.82) is 0 Å². The summed E-state index contributed by atoms with van der Waals surface area (Å²) in [4.78, 5) is 20.1. The van der Waals surface area contributed by atoms with E-state index in [2.05, 4.69) is 16.9 Å². The molecular weight excluding hydrogens is 252 g/mol. The number of aromatic nitrogens is 4. The Kier molecular flexibility index (Phi) is 3.81. The number of imidazole rings is 1. The monoisotopic (exact) mass is 266 g/mol. The van der Waals surface area contributed by atoms with Gasteiger partial charge in [-0.3, -0.25) is 9.36 Å². The van der Waals surface area contributed by atoms with Gasteiger partial charge in [0.15, 0.2) is 0 Å². The Bertz CT molecular complexity index is 602. The van der Waals surface area contributed by atoms with Crippen molar-refractivity contribution in [2.45, 2.75) is 33.4 Å². The fourth-order valence-electron chi connectivity index (χ4n) is 1.86. The van der Waals surface area contributed by atoms with E-state index >= 15 is 0 Å². The molecule has 0 saturated heterocycles. The van der Waals surface area contributed by atoms with E-state index in [4.69, 9.17) is 11.6 Å². The van der Waals surface area contributed by atoms with Gasteiger partial charge in [-0.1, -0.05) is 18.5 Å². The standard InChI is InChI=1S/C12H15ClN4O/c1-3-4-16-8-14-6-10(16)7-17-9(2)15-11(13)5-12(17)18/h5-6,8H,3-4,7H2,1-2H3. The van der Waals surface area contributed by atoms with Gasteiger partial charge in [0.1, 0.15) is 11.0 Å². The minimum Gasteiger partial charge on any atom is -0.333 e. The molecule has 6 heteroatoms. The van der Waals surface area contributed by atoms with Crippen molar-refractivity contribution >= 4 is 11.6 Å². The summed E-state index contributed by atoms with van der Waals surface area (Å²) in [6, 6.07) is 1.33. The lowest BCUT2D eigenvalue weighted by Crippen LogP contribution is -2.24. The first-order valence-corrected chi connectivity index (χ1v) is 6.22. The molecule has 0 N–H and O–H groups in total. The molecule has 0 spiro atoms. The Morgan fingerprint density at radius 2 is 2.22 bits per heavy atom. The van der Waals surface area contributed by atoms with Crippen LogP contribution < -0.4 is 5.56 Å². The third-order valence-electron chi connectivity index (χ3n) is 2.75. The minimum atomic E-state index is -0.142. The molecule has 0 radical (unpaired) electrons. The lowest BCUT2D eigenvalue weighted by molar-refractivity contribution is 0.604. The molecule has 0 aliphatic heterocycles. The number of rotatable bonds is 4. The van der Waals surface area contributed by atoms with Gasteiger partial charge in [0.2, 0.25) is 0 Å². The van der Waals surface area contributed by atoms with Crippen molar-refractivity contribution in [2.24, 2.45) is 0 Å². The van der Waals surface area contributed by atoms with E-state index in [9.17, 15) is 4.79 Å². The average molecular weight is 267 g/mol. The van der Waals surface area contributed by atoms with Gasteiger partial charge in [0.25, 0.3) is 5.56 Å². The Morgan fingerprint density at radius 1 is 1.44 bits per heavy atom. The summed E-state index contributed by atoms with van der Waals surface area (Å²) in [5.41, 5.74) is 0.850. The number of nitrogens with zero attached hydrogens (tertiary/aromatic N) is 4. The second-order valence-corrected chi connectivity index (χ2v) is 4.52. The van der Waals surface area contributed by atoms with Gasteiger partial charge >= 0.3 is 0 Å². The van der Waals surface area contributed by atoms with Crippen molar-refractivity contribution in [3.8, 4) is 0 Å². The van der Waals surface area contributed by atoms with E-state index in [1.807, 2.05) is 4.57 Å². The minimum absolute atomic E-state index is 0.142. The molecule has 0 atom stereocenters. The summed E-state index contributed by atoms with van der Waals surface area (Å²) in [5, 5.41) is 0.232. The molecule has 0 aromatic carbocycles. The van der Waals surface area contributed by atoms with Gasteiger partial charge in [-0.15, -0.1) is 0 Å². The fraction of sp³-hybridized carbons (Fsp3) is 0.417. The molecule has 2 aromatic heterocycles. The first-order valence-electron chi connectivity index (χ1n) is 5.84. The molecule has 2 rings (SSSR count). The molecule has 18 heavy (non-hydrogen) atoms. The first-order chi connectivity index (χ1) is 8.61. The summed E-state index contributed by atoms with van der Waals surface area (Å²) < 4.78 is 3.63. The summed E-state index contributed by atoms with van der Waals surface area (Å²) in [7, 11) is 0. The first kappa shape index (κ1) is 12.8. The molecule has 0 saturated carbocycles. The molecule has 0 aliphatic rings. The molecule has 2 aromatic rings. The van der Waals surface area contributed by atoms with E-state index in [1.165, 1.54) is 6.07 Å². The second-order valence-electron chi connectivity index (χ2n) is 4.13. The van der Waals surface area contributed by atoms with Gasteiger partial charge in [-0.2, -0.15) is 0 Å². The van der Waals surface area contributed by atoms with E-state index in [-0.39, 0.29) is 10.7 Å². The zero-order chi connectivity index (χ0) is 13.1. The normalized spacial score (nSPS) is 10.8. The summed E-state index contributed by atoms with van der Waals surface area (Å²) in [6.07, 6.45) is 4.58. The largest absolute Gasteiger partial charge is 0.333 e. The number of halogens is 1. The maximum atomic E-state index is 11.9. The molecule has 0 unspecified atom stereocenters. The van der Waals surface area contributed by atoms with E-state index < -0.39 is 0 Å². The van der Waals surface area contributed by atoms with Crippen molar-refractivity contribution < 1.29 is 0 Å². The van der Waals surface area contributed by atoms with E-state index in [0.29, 0.717) is 12.4 Å². The van der Waals surface area contributed by atoms with Gasteiger partial charge < -0.3 is 4.57 Å². The van der Waals surface area contributed by atoms with Crippen LogP contribution in [0.1, 0.15) is 24.9 Å². The fourth-order valence-corrected chi connectivity index (χ4v) is 2.08. The van der Waals surface area contributed by atoms with Crippen LogP contribution in [0.25, 0.3) is 0 Å². The van der Waals surface area contributed by atoms with Crippen LogP contribution in [0.15, 0.2) is 23.4 Å². The Labute approximate surface area is 110 Å². The Morgan fingerprint density at radius 3 is 2.89 bits per heavy atom. The molecule has 0 fully saturated rings. The SMILES string of the molecule is CCCn1cncc1Cn1c(C)nc(Cl)cc1=O. The van der Waals surface area contributed by atoms with Gasteiger partial charge in [-0.05, 0) is 13.3 Å². The molecule has 5 nitrogen and oxygen atoms in total. The maximum absolute atomic E-state index is 11.9. The van der Waals surface area contributed by atoms with Crippen LogP contribution in [0.3, 0.4) is 0 Å². The highest BCUT2D eigenvalue weighted by Gasteiger charge is 2.07. The number of hydrogen-bond donors (Lipinski definition) is 0. The quantitative estimate of drug-likeness (QED) is 0.794. The maximum Gasteiger partial charge on any atom is 0.255 e. The Balaban J connectivity index is 2.34. The number of hydrogen-bond acceptors (Lipinski definition) is 3. The zero-order valence-corrected chi connectivity index (χ0v) is 11.2. The van der Waals surface area contributed by atoms with E-state index in [0.717, 1.165) is 18.7 Å². The van der Waals surface area contributed by atoms with Crippen LogP contribution in [-0.4, -0.2) is 19.1 Å². The van der Waals surface area contributed by atoms with Gasteiger partial charge in [-0.25, -0.2) is 9.97 Å². The van der Waals surface area contributed by atoms with E-state index in [1.54, 1.807) is 24.0 Å². The third-order valence-corrected chi connectivity index (χ3v) is 2.94. The topological polar surface area (TPSA) is 52.7 Å². The highest BCUT2D eigenvalue weighted by atomic mass is 35.5. The second kappa shape index (κ2) is 5.35. The number of aryl methyl sites for hydroxylation is 2. The summed E-state index contributed by atoms with van der Waals surface area (Å²) in [6.45, 7) is 5.23. The molecule has 0 amide bonds. The van der Waals surface area contributed by atoms with Crippen LogP contribution in [0.4, 0.5) is 0 Å². The van der Waals surface area contributed by atoms with Crippen molar-refractivity contribution in [3.05, 3.63) is 45.6 Å². The smallest absolute Gasteiger partial charge is 0.255 e. The average Bonchev–Trinajstić information content (AvgIpc) is 2.71. The van der Waals surface area contributed by atoms with Gasteiger partial charge in [0, 0.05) is 18.8 Å². The van der Waals surface area contributed by atoms with Crippen LogP contribution in [-0.2, 0) is 13.1 Å². The molecule has 0 aliphatic carbocycles. The highest BCUT2D eigenvalue weighted by molar-refractivity contribution is 6.29. The lowest BCUT2D eigenvalue weighted by atomic mass is 10.4.